The molecule has 2 bridgehead atoms. The molecule has 3 fully saturated rings. The molecule has 0 aromatic heterocycles. The molecule has 1 heterocycles. The molecule has 0 aromatic carbocycles. The molecule has 7 unspecified atom stereocenters. The second-order valence-electron chi connectivity index (χ2n) is 9.63. The predicted molar refractivity (Wildman–Crippen MR) is 98.2 cm³/mol. The number of ether oxygens (including phenoxy) is 3. The zero-order chi connectivity index (χ0) is 24.2. The van der Waals surface area contributed by atoms with Gasteiger partial charge in [-0.2, -0.15) is 13.2 Å². The van der Waals surface area contributed by atoms with E-state index in [1.54, 1.807) is 13.8 Å². The van der Waals surface area contributed by atoms with E-state index in [2.05, 4.69) is 0 Å². The summed E-state index contributed by atoms with van der Waals surface area (Å²) < 4.78 is 81.3. The van der Waals surface area contributed by atoms with Crippen molar-refractivity contribution in [3.05, 3.63) is 0 Å². The molecule has 0 aromatic rings. The number of halogens is 5. The zero-order valence-corrected chi connectivity index (χ0v) is 18.2. The monoisotopic (exact) mass is 470 g/mol. The van der Waals surface area contributed by atoms with Gasteiger partial charge in [-0.3, -0.25) is 14.4 Å². The largest absolute Gasteiger partial charge is 0.465 e. The molecule has 1 aliphatic heterocycles. The van der Waals surface area contributed by atoms with Crippen LogP contribution in [-0.2, 0) is 28.6 Å². The Morgan fingerprint density at radius 1 is 1.12 bits per heavy atom. The number of alkyl halides is 5. The number of esters is 3. The Labute approximate surface area is 182 Å². The molecule has 1 saturated heterocycles. The van der Waals surface area contributed by atoms with Crippen LogP contribution in [0.1, 0.15) is 47.0 Å². The van der Waals surface area contributed by atoms with E-state index in [1.165, 1.54) is 0 Å². The number of carbonyl (C=O) groups is 3. The van der Waals surface area contributed by atoms with Crippen LogP contribution in [0, 0.1) is 35.0 Å². The van der Waals surface area contributed by atoms with Gasteiger partial charge in [0.1, 0.15) is 18.1 Å². The van der Waals surface area contributed by atoms with Crippen LogP contribution < -0.4 is 0 Å². The Morgan fingerprint density at radius 3 is 2.28 bits per heavy atom. The van der Waals surface area contributed by atoms with E-state index >= 15 is 0 Å². The third-order valence-corrected chi connectivity index (χ3v) is 7.16. The minimum atomic E-state index is -5.16. The molecular formula is C21H27F5O6. The Hall–Kier alpha value is -1.94. The Kier molecular flexibility index (Phi) is 6.27. The predicted octanol–water partition coefficient (Wildman–Crippen LogP) is 3.91. The highest BCUT2D eigenvalue weighted by Crippen LogP contribution is 2.59. The van der Waals surface area contributed by atoms with E-state index in [0.717, 1.165) is 0 Å². The fourth-order valence-corrected chi connectivity index (χ4v) is 4.97. The summed E-state index contributed by atoms with van der Waals surface area (Å²) in [5, 5.41) is 0. The van der Waals surface area contributed by atoms with E-state index in [9.17, 15) is 36.3 Å². The molecule has 0 spiro atoms. The maximum atomic E-state index is 13.3. The number of rotatable bonds is 8. The SMILES string of the molecule is CCC(C)(C)C(=O)OC1C2CC3C1OC(=O)C3C2C(=O)OCCC(C(C)(F)F)C(F)(F)F. The van der Waals surface area contributed by atoms with Crippen molar-refractivity contribution in [2.24, 2.45) is 35.0 Å². The molecule has 2 aliphatic carbocycles. The molecule has 11 heteroatoms. The summed E-state index contributed by atoms with van der Waals surface area (Å²) in [6, 6.07) is 0. The van der Waals surface area contributed by atoms with Crippen LogP contribution in [0.15, 0.2) is 0 Å². The highest BCUT2D eigenvalue weighted by molar-refractivity contribution is 5.86. The van der Waals surface area contributed by atoms with Gasteiger partial charge in [-0.1, -0.05) is 6.92 Å². The van der Waals surface area contributed by atoms with E-state index in [1.807, 2.05) is 6.92 Å². The summed E-state index contributed by atoms with van der Waals surface area (Å²) in [7, 11) is 0. The lowest BCUT2D eigenvalue weighted by Gasteiger charge is -2.32. The van der Waals surface area contributed by atoms with E-state index < -0.39 is 84.3 Å². The number of hydrogen-bond donors (Lipinski definition) is 0. The second-order valence-corrected chi connectivity index (χ2v) is 9.63. The van der Waals surface area contributed by atoms with Crippen molar-refractivity contribution >= 4 is 17.9 Å². The third-order valence-electron chi connectivity index (χ3n) is 7.16. The molecule has 2 saturated carbocycles. The van der Waals surface area contributed by atoms with Crippen LogP contribution in [0.5, 0.6) is 0 Å². The van der Waals surface area contributed by atoms with Crippen molar-refractivity contribution in [2.45, 2.75) is 71.3 Å². The van der Waals surface area contributed by atoms with E-state index in [4.69, 9.17) is 14.2 Å². The maximum Gasteiger partial charge on any atom is 0.397 e. The van der Waals surface area contributed by atoms with Gasteiger partial charge < -0.3 is 14.2 Å². The summed E-state index contributed by atoms with van der Waals surface area (Å²) in [5.74, 6) is -12.0. The molecule has 32 heavy (non-hydrogen) atoms. The van der Waals surface area contributed by atoms with Gasteiger partial charge >= 0.3 is 24.1 Å². The molecule has 7 atom stereocenters. The van der Waals surface area contributed by atoms with Gasteiger partial charge in [0, 0.05) is 11.8 Å². The molecule has 0 radical (unpaired) electrons. The summed E-state index contributed by atoms with van der Waals surface area (Å²) >= 11 is 0. The average molecular weight is 470 g/mol. The van der Waals surface area contributed by atoms with Crippen molar-refractivity contribution in [1.29, 1.82) is 0 Å². The van der Waals surface area contributed by atoms with Gasteiger partial charge in [-0.05, 0) is 40.0 Å². The smallest absolute Gasteiger partial charge is 0.397 e. The van der Waals surface area contributed by atoms with Gasteiger partial charge in [0.15, 0.2) is 0 Å². The van der Waals surface area contributed by atoms with Crippen LogP contribution in [-0.4, -0.2) is 48.8 Å². The standard InChI is InChI=1S/C21H27F5O6/c1-5-19(2,3)18(29)32-15-9-8-10-13(17(28)31-14(10)15)12(9)16(27)30-7-6-11(20(4,22)23)21(24,25)26/h9-15H,5-8H2,1-4H3. The van der Waals surface area contributed by atoms with Crippen LogP contribution in [0.4, 0.5) is 22.0 Å². The lowest BCUT2D eigenvalue weighted by molar-refractivity contribution is -0.239. The quantitative estimate of drug-likeness (QED) is 0.304. The summed E-state index contributed by atoms with van der Waals surface area (Å²) in [5.41, 5.74) is -0.794. The Balaban J connectivity index is 1.69. The van der Waals surface area contributed by atoms with Crippen molar-refractivity contribution < 1.29 is 50.5 Å². The first kappa shape index (κ1) is 24.7. The first-order chi connectivity index (χ1) is 14.6. The molecule has 0 N–H and O–H groups in total. The highest BCUT2D eigenvalue weighted by atomic mass is 19.4. The lowest BCUT2D eigenvalue weighted by Crippen LogP contribution is -2.45. The van der Waals surface area contributed by atoms with Gasteiger partial charge in [0.05, 0.1) is 23.9 Å². The normalized spacial score (nSPS) is 32.6. The van der Waals surface area contributed by atoms with E-state index in [0.29, 0.717) is 12.8 Å². The van der Waals surface area contributed by atoms with Crippen molar-refractivity contribution in [3.63, 3.8) is 0 Å². The van der Waals surface area contributed by atoms with Crippen LogP contribution in [0.2, 0.25) is 0 Å². The number of carbonyl (C=O) groups excluding carboxylic acids is 3. The third kappa shape index (κ3) is 4.31. The average Bonchev–Trinajstić information content (AvgIpc) is 3.26. The molecule has 3 aliphatic rings. The zero-order valence-electron chi connectivity index (χ0n) is 18.2. The summed E-state index contributed by atoms with van der Waals surface area (Å²) in [6.45, 7) is 4.48. The van der Waals surface area contributed by atoms with Crippen molar-refractivity contribution in [2.75, 3.05) is 6.61 Å². The minimum Gasteiger partial charge on any atom is -0.465 e. The van der Waals surface area contributed by atoms with Gasteiger partial charge in [-0.25, -0.2) is 8.78 Å². The van der Waals surface area contributed by atoms with Gasteiger partial charge in [-0.15, -0.1) is 0 Å². The van der Waals surface area contributed by atoms with Crippen molar-refractivity contribution in [1.82, 2.24) is 0 Å². The number of fused-ring (bicyclic) bond motifs is 1. The van der Waals surface area contributed by atoms with Crippen LogP contribution in [0.25, 0.3) is 0 Å². The Bertz CT molecular complexity index is 760. The topological polar surface area (TPSA) is 78.9 Å². The van der Waals surface area contributed by atoms with Gasteiger partial charge in [0.2, 0.25) is 0 Å². The minimum absolute atomic E-state index is 0.161. The molecule has 0 amide bonds. The number of hydrogen-bond acceptors (Lipinski definition) is 6. The van der Waals surface area contributed by atoms with E-state index in [-0.39, 0.29) is 12.8 Å². The molecule has 6 nitrogen and oxygen atoms in total. The lowest BCUT2D eigenvalue weighted by atomic mass is 9.78. The first-order valence-corrected chi connectivity index (χ1v) is 10.6. The fraction of sp³-hybridized carbons (Fsp3) is 0.857. The van der Waals surface area contributed by atoms with Gasteiger partial charge in [0.25, 0.3) is 5.92 Å². The summed E-state index contributed by atoms with van der Waals surface area (Å²) in [6.07, 6.45) is -6.95. The fourth-order valence-electron chi connectivity index (χ4n) is 4.97. The van der Waals surface area contributed by atoms with Crippen LogP contribution >= 0.6 is 0 Å². The summed E-state index contributed by atoms with van der Waals surface area (Å²) in [4.78, 5) is 37.6. The Morgan fingerprint density at radius 2 is 1.75 bits per heavy atom. The first-order valence-electron chi connectivity index (χ1n) is 10.6. The second kappa shape index (κ2) is 8.13. The molecular weight excluding hydrogens is 443 g/mol. The van der Waals surface area contributed by atoms with Crippen molar-refractivity contribution in [3.8, 4) is 0 Å². The van der Waals surface area contributed by atoms with Crippen LogP contribution in [0.3, 0.4) is 0 Å². The highest BCUT2D eigenvalue weighted by Gasteiger charge is 2.70. The maximum absolute atomic E-state index is 13.3. The molecule has 182 valence electrons. The molecule has 3 rings (SSSR count).